The maximum atomic E-state index is 13.5. The van der Waals surface area contributed by atoms with E-state index in [-0.39, 0.29) is 22.5 Å². The quantitative estimate of drug-likeness (QED) is 0.346. The van der Waals surface area contributed by atoms with Crippen molar-refractivity contribution in [2.75, 3.05) is 24.7 Å². The van der Waals surface area contributed by atoms with Crippen LogP contribution in [-0.2, 0) is 17.1 Å². The molecule has 0 fully saturated rings. The van der Waals surface area contributed by atoms with Crippen LogP contribution in [0.25, 0.3) is 33.4 Å². The SMILES string of the molecule is CNC(=O)c1c(-c2ccc(F)cc2)oc2cc(N(C)S(C)(=O)=O)c(-c3cc(I)c(=O)n(C)c3)cc12. The number of carbonyl (C=O) groups is 1. The lowest BCUT2D eigenvalue weighted by atomic mass is 9.99. The Morgan fingerprint density at radius 3 is 2.37 bits per heavy atom. The van der Waals surface area contributed by atoms with Gasteiger partial charge in [-0.1, -0.05) is 0 Å². The molecule has 0 atom stereocenters. The zero-order valence-corrected chi connectivity index (χ0v) is 22.2. The molecule has 11 heteroatoms. The molecule has 0 aliphatic carbocycles. The molecule has 0 radical (unpaired) electrons. The number of hydrogen-bond donors (Lipinski definition) is 1. The number of halogens is 2. The normalized spacial score (nSPS) is 11.6. The summed E-state index contributed by atoms with van der Waals surface area (Å²) in [6.07, 6.45) is 2.68. The van der Waals surface area contributed by atoms with Crippen LogP contribution in [-0.4, -0.2) is 39.2 Å². The van der Waals surface area contributed by atoms with Crippen molar-refractivity contribution in [1.82, 2.24) is 9.88 Å². The number of amides is 1. The number of nitrogens with zero attached hydrogens (tertiary/aromatic N) is 2. The third kappa shape index (κ3) is 4.57. The van der Waals surface area contributed by atoms with Gasteiger partial charge in [-0.2, -0.15) is 0 Å². The highest BCUT2D eigenvalue weighted by Crippen LogP contribution is 2.41. The Bertz CT molecular complexity index is 1620. The maximum Gasteiger partial charge on any atom is 0.263 e. The summed E-state index contributed by atoms with van der Waals surface area (Å²) < 4.78 is 47.5. The van der Waals surface area contributed by atoms with E-state index in [4.69, 9.17) is 4.42 Å². The molecule has 2 aromatic carbocycles. The fourth-order valence-corrected chi connectivity index (χ4v) is 5.00. The van der Waals surface area contributed by atoms with Gasteiger partial charge in [-0.15, -0.1) is 0 Å². The molecule has 2 heterocycles. The van der Waals surface area contributed by atoms with E-state index in [0.29, 0.717) is 31.3 Å². The van der Waals surface area contributed by atoms with Gasteiger partial charge in [0.2, 0.25) is 10.0 Å². The van der Waals surface area contributed by atoms with Gasteiger partial charge in [-0.05, 0) is 59.0 Å². The van der Waals surface area contributed by atoms with E-state index < -0.39 is 21.7 Å². The lowest BCUT2D eigenvalue weighted by Gasteiger charge is -2.21. The molecule has 182 valence electrons. The molecule has 35 heavy (non-hydrogen) atoms. The van der Waals surface area contributed by atoms with Crippen molar-refractivity contribution in [3.63, 3.8) is 0 Å². The van der Waals surface area contributed by atoms with Gasteiger partial charge in [-0.25, -0.2) is 12.8 Å². The van der Waals surface area contributed by atoms with Crippen LogP contribution >= 0.6 is 22.6 Å². The number of aromatic nitrogens is 1. The predicted octanol–water partition coefficient (Wildman–Crippen LogP) is 3.96. The van der Waals surface area contributed by atoms with E-state index >= 15 is 0 Å². The van der Waals surface area contributed by atoms with Gasteiger partial charge in [0.05, 0.1) is 21.1 Å². The first-order valence-corrected chi connectivity index (χ1v) is 13.2. The second kappa shape index (κ2) is 9.11. The van der Waals surface area contributed by atoms with E-state index in [9.17, 15) is 22.4 Å². The Kier molecular flexibility index (Phi) is 6.49. The number of fused-ring (bicyclic) bond motifs is 1. The number of rotatable bonds is 5. The van der Waals surface area contributed by atoms with Gasteiger partial charge in [0.15, 0.2) is 0 Å². The van der Waals surface area contributed by atoms with Crippen molar-refractivity contribution in [2.45, 2.75) is 0 Å². The molecule has 0 aliphatic heterocycles. The molecule has 0 bridgehead atoms. The van der Waals surface area contributed by atoms with Crippen LogP contribution in [0.2, 0.25) is 0 Å². The highest BCUT2D eigenvalue weighted by molar-refractivity contribution is 14.1. The summed E-state index contributed by atoms with van der Waals surface area (Å²) in [7, 11) is 0.837. The van der Waals surface area contributed by atoms with Crippen LogP contribution in [0.4, 0.5) is 10.1 Å². The number of aryl methyl sites for hydroxylation is 1. The monoisotopic (exact) mass is 609 g/mol. The minimum absolute atomic E-state index is 0.193. The molecule has 0 saturated carbocycles. The highest BCUT2D eigenvalue weighted by atomic mass is 127. The van der Waals surface area contributed by atoms with E-state index in [2.05, 4.69) is 5.32 Å². The summed E-state index contributed by atoms with van der Waals surface area (Å²) in [6, 6.07) is 10.4. The Hall–Kier alpha value is -3.19. The van der Waals surface area contributed by atoms with Crippen LogP contribution in [0, 0.1) is 9.39 Å². The number of pyridine rings is 1. The maximum absolute atomic E-state index is 13.5. The first-order chi connectivity index (χ1) is 16.4. The Morgan fingerprint density at radius 1 is 1.14 bits per heavy atom. The van der Waals surface area contributed by atoms with Gasteiger partial charge in [0.25, 0.3) is 11.5 Å². The van der Waals surface area contributed by atoms with Gasteiger partial charge in [0, 0.05) is 55.5 Å². The van der Waals surface area contributed by atoms with Gasteiger partial charge in [0.1, 0.15) is 17.2 Å². The fourth-order valence-electron chi connectivity index (χ4n) is 3.78. The lowest BCUT2D eigenvalue weighted by molar-refractivity contribution is 0.0964. The number of carbonyl (C=O) groups excluding carboxylic acids is 1. The van der Waals surface area contributed by atoms with Gasteiger partial charge >= 0.3 is 0 Å². The number of benzene rings is 2. The summed E-state index contributed by atoms with van der Waals surface area (Å²) in [5.41, 5.74) is 2.16. The molecule has 4 aromatic rings. The predicted molar refractivity (Wildman–Crippen MR) is 142 cm³/mol. The molecule has 0 unspecified atom stereocenters. The third-order valence-corrected chi connectivity index (χ3v) is 7.62. The van der Waals surface area contributed by atoms with Gasteiger partial charge < -0.3 is 14.3 Å². The minimum Gasteiger partial charge on any atom is -0.455 e. The molecule has 1 N–H and O–H groups in total. The summed E-state index contributed by atoms with van der Waals surface area (Å²) >= 11 is 1.92. The highest BCUT2D eigenvalue weighted by Gasteiger charge is 2.26. The Morgan fingerprint density at radius 2 is 1.80 bits per heavy atom. The fraction of sp³-hybridized carbons (Fsp3) is 0.167. The van der Waals surface area contributed by atoms with Crippen LogP contribution in [0.5, 0.6) is 0 Å². The molecule has 0 saturated heterocycles. The zero-order chi connectivity index (χ0) is 25.7. The van der Waals surface area contributed by atoms with Gasteiger partial charge in [-0.3, -0.25) is 13.9 Å². The average Bonchev–Trinajstić information content (AvgIpc) is 3.18. The van der Waals surface area contributed by atoms with E-state index in [1.807, 2.05) is 22.6 Å². The van der Waals surface area contributed by atoms with Crippen molar-refractivity contribution in [2.24, 2.45) is 7.05 Å². The third-order valence-electron chi connectivity index (χ3n) is 5.65. The smallest absolute Gasteiger partial charge is 0.263 e. The second-order valence-electron chi connectivity index (χ2n) is 7.98. The Balaban J connectivity index is 2.12. The van der Waals surface area contributed by atoms with Crippen LogP contribution in [0.15, 0.2) is 57.9 Å². The van der Waals surface area contributed by atoms with Crippen molar-refractivity contribution < 1.29 is 22.0 Å². The minimum atomic E-state index is -3.66. The Labute approximate surface area is 214 Å². The van der Waals surface area contributed by atoms with E-state index in [1.54, 1.807) is 31.4 Å². The lowest BCUT2D eigenvalue weighted by Crippen LogP contribution is -2.25. The van der Waals surface area contributed by atoms with E-state index in [0.717, 1.165) is 10.6 Å². The first kappa shape index (κ1) is 24.9. The van der Waals surface area contributed by atoms with Crippen LogP contribution in [0.3, 0.4) is 0 Å². The van der Waals surface area contributed by atoms with Crippen LogP contribution < -0.4 is 15.2 Å². The van der Waals surface area contributed by atoms with Crippen molar-refractivity contribution in [3.05, 3.63) is 74.0 Å². The first-order valence-electron chi connectivity index (χ1n) is 10.3. The summed E-state index contributed by atoms with van der Waals surface area (Å²) in [5.74, 6) is -0.636. The largest absolute Gasteiger partial charge is 0.455 e. The van der Waals surface area contributed by atoms with Crippen molar-refractivity contribution in [3.8, 4) is 22.5 Å². The van der Waals surface area contributed by atoms with E-state index in [1.165, 1.54) is 42.9 Å². The average molecular weight is 609 g/mol. The number of furan rings is 1. The molecule has 0 aliphatic rings. The number of anilines is 1. The molecule has 4 rings (SSSR count). The molecule has 1 amide bonds. The summed E-state index contributed by atoms with van der Waals surface area (Å²) in [5, 5.41) is 3.04. The standard InChI is InChI=1S/C24H21FIN3O5S/c1-27-23(30)21-17-10-16(14-9-18(26)24(31)28(2)12-14)19(29(3)35(4,32)33)11-20(17)34-22(21)13-5-7-15(25)8-6-13/h5-12H,1-4H3,(H,27,30). The van der Waals surface area contributed by atoms with Crippen molar-refractivity contribution in [1.29, 1.82) is 0 Å². The second-order valence-corrected chi connectivity index (χ2v) is 11.2. The zero-order valence-electron chi connectivity index (χ0n) is 19.2. The molecule has 0 spiro atoms. The topological polar surface area (TPSA) is 102 Å². The molecule has 8 nitrogen and oxygen atoms in total. The molecular formula is C24H21FIN3O5S. The van der Waals surface area contributed by atoms with Crippen molar-refractivity contribution >= 4 is 55.2 Å². The summed E-state index contributed by atoms with van der Waals surface area (Å²) in [4.78, 5) is 25.2. The summed E-state index contributed by atoms with van der Waals surface area (Å²) in [6.45, 7) is 0. The van der Waals surface area contributed by atoms with Crippen LogP contribution in [0.1, 0.15) is 10.4 Å². The number of sulfonamides is 1. The molecule has 2 aromatic heterocycles. The number of hydrogen-bond acceptors (Lipinski definition) is 5. The molecular weight excluding hydrogens is 588 g/mol. The number of nitrogens with one attached hydrogen (secondary N) is 1.